The third-order valence-corrected chi connectivity index (χ3v) is 3.78. The van der Waals surface area contributed by atoms with E-state index in [0.29, 0.717) is 22.8 Å². The van der Waals surface area contributed by atoms with Gasteiger partial charge in [-0.25, -0.2) is 4.98 Å². The maximum absolute atomic E-state index is 6.12. The Morgan fingerprint density at radius 3 is 3.00 bits per heavy atom. The Morgan fingerprint density at radius 1 is 1.42 bits per heavy atom. The van der Waals surface area contributed by atoms with Crippen LogP contribution in [0, 0.1) is 0 Å². The molecule has 0 saturated carbocycles. The zero-order valence-electron chi connectivity index (χ0n) is 11.6. The first-order valence-electron chi connectivity index (χ1n) is 6.91. The summed E-state index contributed by atoms with van der Waals surface area (Å²) in [4.78, 5) is 10.9. The van der Waals surface area contributed by atoms with Gasteiger partial charge in [0.1, 0.15) is 5.02 Å². The van der Waals surface area contributed by atoms with Crippen LogP contribution in [0.15, 0.2) is 6.20 Å². The molecule has 1 fully saturated rings. The minimum absolute atomic E-state index is 0.558. The van der Waals surface area contributed by atoms with E-state index in [1.165, 1.54) is 25.8 Å². The van der Waals surface area contributed by atoms with Gasteiger partial charge in [-0.05, 0) is 33.4 Å². The average Bonchev–Trinajstić information content (AvgIpc) is 2.41. The van der Waals surface area contributed by atoms with E-state index in [9.17, 15) is 0 Å². The number of piperidine rings is 1. The highest BCUT2D eigenvalue weighted by Crippen LogP contribution is 2.21. The molecule has 106 valence electrons. The molecule has 19 heavy (non-hydrogen) atoms. The summed E-state index contributed by atoms with van der Waals surface area (Å²) in [5.41, 5.74) is 0. The van der Waals surface area contributed by atoms with Crippen molar-refractivity contribution < 1.29 is 0 Å². The van der Waals surface area contributed by atoms with E-state index in [-0.39, 0.29) is 0 Å². The van der Waals surface area contributed by atoms with Crippen LogP contribution in [-0.4, -0.2) is 47.6 Å². The molecule has 2 N–H and O–H groups in total. The van der Waals surface area contributed by atoms with E-state index in [0.717, 1.165) is 13.1 Å². The normalized spacial score (nSPS) is 20.3. The van der Waals surface area contributed by atoms with E-state index in [2.05, 4.69) is 32.5 Å². The van der Waals surface area contributed by atoms with Crippen LogP contribution in [0.1, 0.15) is 26.2 Å². The highest BCUT2D eigenvalue weighted by molar-refractivity contribution is 6.32. The number of hydrogen-bond acceptors (Lipinski definition) is 5. The van der Waals surface area contributed by atoms with Gasteiger partial charge in [0.2, 0.25) is 5.95 Å². The zero-order valence-corrected chi connectivity index (χ0v) is 12.4. The molecular formula is C13H22ClN5. The van der Waals surface area contributed by atoms with Crippen LogP contribution < -0.4 is 10.6 Å². The van der Waals surface area contributed by atoms with Crippen molar-refractivity contribution in [3.8, 4) is 0 Å². The van der Waals surface area contributed by atoms with Crippen LogP contribution in [0.5, 0.6) is 0 Å². The molecule has 0 spiro atoms. The number of halogens is 1. The lowest BCUT2D eigenvalue weighted by atomic mass is 10.0. The third kappa shape index (κ3) is 3.94. The van der Waals surface area contributed by atoms with Crippen LogP contribution in [0.4, 0.5) is 11.8 Å². The number of likely N-dealkylation sites (tertiary alicyclic amines) is 1. The SMILES string of the molecule is CCNc1ncc(Cl)c(NCC2CCCCN2C)n1. The molecule has 1 atom stereocenters. The first-order chi connectivity index (χ1) is 9.20. The predicted octanol–water partition coefficient (Wildman–Crippen LogP) is 2.46. The maximum Gasteiger partial charge on any atom is 0.224 e. The predicted molar refractivity (Wildman–Crippen MR) is 80.0 cm³/mol. The van der Waals surface area contributed by atoms with Crippen molar-refractivity contribution in [2.24, 2.45) is 0 Å². The monoisotopic (exact) mass is 283 g/mol. The summed E-state index contributed by atoms with van der Waals surface area (Å²) >= 11 is 6.12. The molecule has 0 amide bonds. The van der Waals surface area contributed by atoms with Crippen LogP contribution in [0.25, 0.3) is 0 Å². The Hall–Kier alpha value is -1.07. The highest BCUT2D eigenvalue weighted by atomic mass is 35.5. The Labute approximate surface area is 119 Å². The highest BCUT2D eigenvalue weighted by Gasteiger charge is 2.19. The number of nitrogens with one attached hydrogen (secondary N) is 2. The van der Waals surface area contributed by atoms with Crippen LogP contribution >= 0.6 is 11.6 Å². The lowest BCUT2D eigenvalue weighted by molar-refractivity contribution is 0.194. The molecule has 1 aromatic heterocycles. The molecule has 0 aliphatic carbocycles. The molecule has 1 saturated heterocycles. The van der Waals surface area contributed by atoms with Crippen molar-refractivity contribution in [3.05, 3.63) is 11.2 Å². The van der Waals surface area contributed by atoms with Crippen molar-refractivity contribution in [2.45, 2.75) is 32.2 Å². The lowest BCUT2D eigenvalue weighted by Gasteiger charge is -2.32. The van der Waals surface area contributed by atoms with Crippen LogP contribution in [0.3, 0.4) is 0 Å². The van der Waals surface area contributed by atoms with Gasteiger partial charge in [0, 0.05) is 19.1 Å². The molecule has 0 radical (unpaired) electrons. The van der Waals surface area contributed by atoms with Gasteiger partial charge in [-0.15, -0.1) is 0 Å². The molecule has 0 aromatic carbocycles. The van der Waals surface area contributed by atoms with Crippen molar-refractivity contribution in [1.82, 2.24) is 14.9 Å². The molecule has 1 aliphatic heterocycles. The van der Waals surface area contributed by atoms with Crippen molar-refractivity contribution in [3.63, 3.8) is 0 Å². The van der Waals surface area contributed by atoms with E-state index < -0.39 is 0 Å². The van der Waals surface area contributed by atoms with Crippen LogP contribution in [0.2, 0.25) is 5.02 Å². The fourth-order valence-corrected chi connectivity index (χ4v) is 2.51. The Morgan fingerprint density at radius 2 is 2.26 bits per heavy atom. The van der Waals surface area contributed by atoms with Gasteiger partial charge in [-0.2, -0.15) is 4.98 Å². The van der Waals surface area contributed by atoms with E-state index in [1.54, 1.807) is 6.20 Å². The number of nitrogens with zero attached hydrogens (tertiary/aromatic N) is 3. The molecule has 2 heterocycles. The summed E-state index contributed by atoms with van der Waals surface area (Å²) < 4.78 is 0. The molecule has 5 nitrogen and oxygen atoms in total. The Balaban J connectivity index is 1.96. The topological polar surface area (TPSA) is 53.1 Å². The lowest BCUT2D eigenvalue weighted by Crippen LogP contribution is -2.40. The standard InChI is InChI=1S/C13H22ClN5/c1-3-15-13-17-9-11(14)12(18-13)16-8-10-6-4-5-7-19(10)2/h9-10H,3-8H2,1-2H3,(H2,15,16,17,18). The van der Waals surface area contributed by atoms with Crippen molar-refractivity contribution >= 4 is 23.4 Å². The Bertz CT molecular complexity index is 412. The number of likely N-dealkylation sites (N-methyl/N-ethyl adjacent to an activating group) is 1. The van der Waals surface area contributed by atoms with Gasteiger partial charge in [-0.1, -0.05) is 18.0 Å². The van der Waals surface area contributed by atoms with Crippen LogP contribution in [-0.2, 0) is 0 Å². The summed E-state index contributed by atoms with van der Waals surface area (Å²) in [5, 5.41) is 7.01. The second-order valence-corrected chi connectivity index (χ2v) is 5.34. The second-order valence-electron chi connectivity index (χ2n) is 4.93. The summed E-state index contributed by atoms with van der Waals surface area (Å²) in [6.07, 6.45) is 5.47. The summed E-state index contributed by atoms with van der Waals surface area (Å²) in [5.74, 6) is 1.33. The van der Waals surface area contributed by atoms with Crippen molar-refractivity contribution in [1.29, 1.82) is 0 Å². The average molecular weight is 284 g/mol. The zero-order chi connectivity index (χ0) is 13.7. The number of rotatable bonds is 5. The molecular weight excluding hydrogens is 262 g/mol. The first kappa shape index (κ1) is 14.3. The van der Waals surface area contributed by atoms with Crippen molar-refractivity contribution in [2.75, 3.05) is 37.3 Å². The van der Waals surface area contributed by atoms with Gasteiger partial charge in [0.15, 0.2) is 5.82 Å². The summed E-state index contributed by atoms with van der Waals surface area (Å²) in [7, 11) is 2.18. The quantitative estimate of drug-likeness (QED) is 0.869. The minimum atomic E-state index is 0.558. The summed E-state index contributed by atoms with van der Waals surface area (Å²) in [6, 6.07) is 0.558. The van der Waals surface area contributed by atoms with E-state index in [1.807, 2.05) is 6.92 Å². The molecule has 1 aromatic rings. The Kier molecular flexibility index (Phi) is 5.22. The molecule has 6 heteroatoms. The van der Waals surface area contributed by atoms with Gasteiger partial charge in [0.25, 0.3) is 0 Å². The molecule has 1 aliphatic rings. The number of anilines is 2. The summed E-state index contributed by atoms with van der Waals surface area (Å²) in [6.45, 7) is 4.86. The minimum Gasteiger partial charge on any atom is -0.367 e. The fraction of sp³-hybridized carbons (Fsp3) is 0.692. The second kappa shape index (κ2) is 6.91. The van der Waals surface area contributed by atoms with E-state index in [4.69, 9.17) is 11.6 Å². The van der Waals surface area contributed by atoms with Gasteiger partial charge in [-0.3, -0.25) is 0 Å². The van der Waals surface area contributed by atoms with E-state index >= 15 is 0 Å². The molecule has 1 unspecified atom stereocenters. The first-order valence-corrected chi connectivity index (χ1v) is 7.29. The van der Waals surface area contributed by atoms with Gasteiger partial charge < -0.3 is 15.5 Å². The molecule has 0 bridgehead atoms. The maximum atomic E-state index is 6.12. The van der Waals surface area contributed by atoms with Gasteiger partial charge >= 0.3 is 0 Å². The molecule has 2 rings (SSSR count). The van der Waals surface area contributed by atoms with Gasteiger partial charge in [0.05, 0.1) is 6.20 Å². The fourth-order valence-electron chi connectivity index (χ4n) is 2.35. The third-order valence-electron chi connectivity index (χ3n) is 3.51. The smallest absolute Gasteiger partial charge is 0.224 e. The number of aromatic nitrogens is 2. The number of hydrogen-bond donors (Lipinski definition) is 2. The largest absolute Gasteiger partial charge is 0.367 e.